The monoisotopic (exact) mass is 451 g/mol. The zero-order valence-electron chi connectivity index (χ0n) is 17.9. The van der Waals surface area contributed by atoms with Crippen molar-refractivity contribution in [2.75, 3.05) is 37.6 Å². The van der Waals surface area contributed by atoms with E-state index < -0.39 is 23.4 Å². The minimum Gasteiger partial charge on any atom is -0.450 e. The van der Waals surface area contributed by atoms with Crippen LogP contribution in [0.15, 0.2) is 23.4 Å². The van der Waals surface area contributed by atoms with Gasteiger partial charge in [-0.3, -0.25) is 4.79 Å². The molecule has 3 saturated heterocycles. The van der Waals surface area contributed by atoms with Gasteiger partial charge in [0.25, 0.3) is 5.91 Å². The molecule has 0 saturated carbocycles. The van der Waals surface area contributed by atoms with Crippen molar-refractivity contribution in [3.05, 3.63) is 29.1 Å². The summed E-state index contributed by atoms with van der Waals surface area (Å²) in [5.74, 6) is -0.626. The number of rotatable bonds is 3. The SMILES string of the molecule is CCN1CCC2(CC1)OC(=O)C(C)=C2C(=O)N1CC2C1CN2c1nccc(C(F)(F)F)n1. The zero-order chi connectivity index (χ0) is 22.8. The van der Waals surface area contributed by atoms with E-state index in [2.05, 4.69) is 21.8 Å². The minimum atomic E-state index is -4.54. The second-order valence-electron chi connectivity index (χ2n) is 8.80. The molecule has 5 heterocycles. The molecule has 0 aliphatic carbocycles. The maximum atomic E-state index is 13.5. The van der Waals surface area contributed by atoms with Crippen LogP contribution in [0.2, 0.25) is 0 Å². The molecule has 1 aromatic heterocycles. The lowest BCUT2D eigenvalue weighted by Gasteiger charge is -2.62. The summed E-state index contributed by atoms with van der Waals surface area (Å²) in [6.45, 7) is 6.82. The first-order valence-electron chi connectivity index (χ1n) is 10.8. The van der Waals surface area contributed by atoms with Crippen molar-refractivity contribution in [1.29, 1.82) is 0 Å². The number of aromatic nitrogens is 2. The van der Waals surface area contributed by atoms with E-state index in [0.717, 1.165) is 31.9 Å². The van der Waals surface area contributed by atoms with Crippen LogP contribution in [0, 0.1) is 0 Å². The third-order valence-electron chi connectivity index (χ3n) is 7.21. The van der Waals surface area contributed by atoms with Crippen LogP contribution in [0.4, 0.5) is 19.1 Å². The summed E-state index contributed by atoms with van der Waals surface area (Å²) in [6, 6.07) is 0.580. The molecular formula is C21H24F3N5O3. The first-order chi connectivity index (χ1) is 15.1. The normalized spacial score (nSPS) is 27.2. The topological polar surface area (TPSA) is 78.9 Å². The van der Waals surface area contributed by atoms with Crippen molar-refractivity contribution < 1.29 is 27.5 Å². The fourth-order valence-electron chi connectivity index (χ4n) is 5.19. The Bertz CT molecular complexity index is 1000. The van der Waals surface area contributed by atoms with Gasteiger partial charge in [-0.1, -0.05) is 6.92 Å². The summed E-state index contributed by atoms with van der Waals surface area (Å²) in [4.78, 5) is 39.1. The van der Waals surface area contributed by atoms with Gasteiger partial charge in [-0.05, 0) is 19.5 Å². The first-order valence-corrected chi connectivity index (χ1v) is 10.8. The maximum Gasteiger partial charge on any atom is 0.433 e. The molecule has 11 heteroatoms. The standard InChI is InChI=1S/C21H24F3N5O3/c1-3-27-8-5-20(6-9-27)16(12(2)18(31)32-20)17(30)28-10-14-13(28)11-29(14)19-25-7-4-15(26-19)21(22,23)24/h4,7,13-14H,3,5-6,8-11H2,1-2H3. The zero-order valence-corrected chi connectivity index (χ0v) is 17.9. The number of hydrogen-bond donors (Lipinski definition) is 0. The molecule has 8 nitrogen and oxygen atoms in total. The summed E-state index contributed by atoms with van der Waals surface area (Å²) in [5.41, 5.74) is -1.05. The second kappa shape index (κ2) is 7.16. The number of piperidine rings is 1. The number of esters is 1. The molecule has 2 unspecified atom stereocenters. The maximum absolute atomic E-state index is 13.5. The van der Waals surface area contributed by atoms with Gasteiger partial charge in [0.15, 0.2) is 0 Å². The average molecular weight is 451 g/mol. The van der Waals surface area contributed by atoms with Crippen molar-refractivity contribution in [2.24, 2.45) is 0 Å². The number of fused-ring (bicyclic) bond motifs is 1. The van der Waals surface area contributed by atoms with E-state index in [0.29, 0.717) is 37.1 Å². The van der Waals surface area contributed by atoms with Crippen LogP contribution in [0.1, 0.15) is 32.4 Å². The first kappa shape index (κ1) is 21.2. The van der Waals surface area contributed by atoms with Gasteiger partial charge < -0.3 is 19.4 Å². The van der Waals surface area contributed by atoms with E-state index in [4.69, 9.17) is 4.74 Å². The van der Waals surface area contributed by atoms with Gasteiger partial charge >= 0.3 is 12.1 Å². The molecule has 1 amide bonds. The highest BCUT2D eigenvalue weighted by Crippen LogP contribution is 2.45. The van der Waals surface area contributed by atoms with Gasteiger partial charge in [0.1, 0.15) is 11.3 Å². The lowest BCUT2D eigenvalue weighted by Crippen LogP contribution is -2.80. The molecule has 0 aromatic carbocycles. The van der Waals surface area contributed by atoms with Crippen molar-refractivity contribution in [2.45, 2.75) is 50.6 Å². The van der Waals surface area contributed by atoms with Crippen molar-refractivity contribution in [3.63, 3.8) is 0 Å². The van der Waals surface area contributed by atoms with Gasteiger partial charge in [-0.2, -0.15) is 13.2 Å². The number of hydrogen-bond acceptors (Lipinski definition) is 7. The van der Waals surface area contributed by atoms with Crippen LogP contribution in [0.25, 0.3) is 0 Å². The van der Waals surface area contributed by atoms with Crippen LogP contribution in [-0.4, -0.2) is 82.1 Å². The molecule has 4 aliphatic heterocycles. The Balaban J connectivity index is 1.30. The number of nitrogens with zero attached hydrogens (tertiary/aromatic N) is 5. The quantitative estimate of drug-likeness (QED) is 0.647. The summed E-state index contributed by atoms with van der Waals surface area (Å²) >= 11 is 0. The summed E-state index contributed by atoms with van der Waals surface area (Å²) in [7, 11) is 0. The highest BCUT2D eigenvalue weighted by atomic mass is 19.4. The van der Waals surface area contributed by atoms with Crippen LogP contribution in [0.5, 0.6) is 0 Å². The molecule has 0 radical (unpaired) electrons. The molecule has 2 atom stereocenters. The predicted molar refractivity (Wildman–Crippen MR) is 107 cm³/mol. The molecule has 5 rings (SSSR count). The lowest BCUT2D eigenvalue weighted by atomic mass is 9.79. The third-order valence-corrected chi connectivity index (χ3v) is 7.21. The van der Waals surface area contributed by atoms with E-state index in [1.165, 1.54) is 0 Å². The summed E-state index contributed by atoms with van der Waals surface area (Å²) < 4.78 is 44.6. The molecular weight excluding hydrogens is 427 g/mol. The minimum absolute atomic E-state index is 0.0198. The highest BCUT2D eigenvalue weighted by molar-refractivity contribution is 6.07. The van der Waals surface area contributed by atoms with Gasteiger partial charge in [0.05, 0.1) is 17.7 Å². The molecule has 1 aromatic rings. The van der Waals surface area contributed by atoms with Crippen LogP contribution in [0.3, 0.4) is 0 Å². The van der Waals surface area contributed by atoms with Crippen molar-refractivity contribution >= 4 is 17.8 Å². The molecule has 172 valence electrons. The Labute approximate surface area is 183 Å². The number of alkyl halides is 3. The lowest BCUT2D eigenvalue weighted by molar-refractivity contribution is -0.153. The number of anilines is 1. The van der Waals surface area contributed by atoms with Gasteiger partial charge in [0.2, 0.25) is 5.95 Å². The van der Waals surface area contributed by atoms with E-state index in [9.17, 15) is 22.8 Å². The molecule has 32 heavy (non-hydrogen) atoms. The summed E-state index contributed by atoms with van der Waals surface area (Å²) in [5, 5.41) is 0. The number of halogens is 3. The van der Waals surface area contributed by atoms with E-state index in [-0.39, 0.29) is 23.9 Å². The van der Waals surface area contributed by atoms with Gasteiger partial charge in [0, 0.05) is 50.8 Å². The fraction of sp³-hybridized carbons (Fsp3) is 0.619. The van der Waals surface area contributed by atoms with Crippen LogP contribution in [-0.2, 0) is 20.5 Å². The Hall–Kier alpha value is -2.69. The highest BCUT2D eigenvalue weighted by Gasteiger charge is 2.59. The summed E-state index contributed by atoms with van der Waals surface area (Å²) in [6.07, 6.45) is -2.28. The van der Waals surface area contributed by atoms with Crippen LogP contribution < -0.4 is 4.90 Å². The van der Waals surface area contributed by atoms with Crippen molar-refractivity contribution in [3.8, 4) is 0 Å². The number of carbonyl (C=O) groups is 2. The van der Waals surface area contributed by atoms with E-state index in [1.807, 2.05) is 0 Å². The third kappa shape index (κ3) is 3.08. The number of ether oxygens (including phenoxy) is 1. The molecule has 3 fully saturated rings. The largest absolute Gasteiger partial charge is 0.450 e. The number of piperazine rings is 1. The van der Waals surface area contributed by atoms with Gasteiger partial charge in [-0.25, -0.2) is 14.8 Å². The molecule has 4 aliphatic rings. The van der Waals surface area contributed by atoms with Crippen molar-refractivity contribution in [1.82, 2.24) is 19.8 Å². The average Bonchev–Trinajstić information content (AvgIpc) is 2.98. The van der Waals surface area contributed by atoms with E-state index in [1.54, 1.807) is 16.7 Å². The van der Waals surface area contributed by atoms with Crippen LogP contribution >= 0.6 is 0 Å². The molecule has 0 N–H and O–H groups in total. The Morgan fingerprint density at radius 3 is 2.56 bits per heavy atom. The fourth-order valence-corrected chi connectivity index (χ4v) is 5.19. The Kier molecular flexibility index (Phi) is 4.74. The molecule has 1 spiro atoms. The van der Waals surface area contributed by atoms with E-state index >= 15 is 0 Å². The number of carbonyl (C=O) groups excluding carboxylic acids is 2. The number of amides is 1. The molecule has 0 bridgehead atoms. The number of likely N-dealkylation sites (tertiary alicyclic amines) is 2. The smallest absolute Gasteiger partial charge is 0.433 e. The second-order valence-corrected chi connectivity index (χ2v) is 8.80. The predicted octanol–water partition coefficient (Wildman–Crippen LogP) is 1.62. The van der Waals surface area contributed by atoms with Gasteiger partial charge in [-0.15, -0.1) is 0 Å². The Morgan fingerprint density at radius 2 is 1.97 bits per heavy atom. The Morgan fingerprint density at radius 1 is 1.25 bits per heavy atom.